The fraction of sp³-hybridized carbons (Fsp3) is 0.467. The number of rotatable bonds is 5. The van der Waals surface area contributed by atoms with E-state index in [1.165, 1.54) is 0 Å². The lowest BCUT2D eigenvalue weighted by Gasteiger charge is -2.24. The van der Waals surface area contributed by atoms with Crippen LogP contribution in [-0.2, 0) is 4.79 Å². The van der Waals surface area contributed by atoms with Gasteiger partial charge >= 0.3 is 0 Å². The van der Waals surface area contributed by atoms with E-state index in [0.29, 0.717) is 11.3 Å². The Bertz CT molecular complexity index is 501. The molecule has 0 aromatic heterocycles. The zero-order chi connectivity index (χ0) is 14.5. The zero-order valence-corrected chi connectivity index (χ0v) is 11.9. The highest BCUT2D eigenvalue weighted by molar-refractivity contribution is 5.78. The maximum Gasteiger partial charge on any atom is 0.258 e. The van der Waals surface area contributed by atoms with Gasteiger partial charge in [-0.2, -0.15) is 5.26 Å². The molecule has 1 N–H and O–H groups in total. The molecule has 1 aromatic rings. The third-order valence-corrected chi connectivity index (χ3v) is 3.04. The van der Waals surface area contributed by atoms with Crippen molar-refractivity contribution in [2.45, 2.75) is 39.7 Å². The summed E-state index contributed by atoms with van der Waals surface area (Å²) in [5.41, 5.74) is 1.20. The summed E-state index contributed by atoms with van der Waals surface area (Å²) in [6.45, 7) is 7.78. The molecular formula is C15H20N2O2. The van der Waals surface area contributed by atoms with Crippen LogP contribution in [0.1, 0.15) is 38.3 Å². The quantitative estimate of drug-likeness (QED) is 0.885. The number of aryl methyl sites for hydroxylation is 1. The Morgan fingerprint density at radius 2 is 2.16 bits per heavy atom. The minimum Gasteiger partial charge on any atom is -0.483 e. The molecule has 19 heavy (non-hydrogen) atoms. The second-order valence-corrected chi connectivity index (χ2v) is 5.17. The number of nitrogens with one attached hydrogen (secondary N) is 1. The number of benzene rings is 1. The number of hydrogen-bond donors (Lipinski definition) is 1. The summed E-state index contributed by atoms with van der Waals surface area (Å²) in [6, 6.07) is 7.23. The summed E-state index contributed by atoms with van der Waals surface area (Å²) in [7, 11) is 0. The first kappa shape index (κ1) is 15.0. The Kier molecular flexibility index (Phi) is 4.94. The third kappa shape index (κ3) is 4.63. The average Bonchev–Trinajstić information content (AvgIpc) is 2.37. The highest BCUT2D eigenvalue weighted by atomic mass is 16.5. The number of carbonyl (C=O) groups is 1. The molecule has 1 amide bonds. The molecule has 0 heterocycles. The summed E-state index contributed by atoms with van der Waals surface area (Å²) >= 11 is 0. The van der Waals surface area contributed by atoms with Crippen LogP contribution < -0.4 is 10.1 Å². The average molecular weight is 260 g/mol. The van der Waals surface area contributed by atoms with Gasteiger partial charge in [0, 0.05) is 5.54 Å². The minimum absolute atomic E-state index is 0.0425. The van der Waals surface area contributed by atoms with Gasteiger partial charge in [0.1, 0.15) is 5.75 Å². The van der Waals surface area contributed by atoms with Gasteiger partial charge in [-0.3, -0.25) is 4.79 Å². The van der Waals surface area contributed by atoms with Gasteiger partial charge in [-0.1, -0.05) is 13.0 Å². The van der Waals surface area contributed by atoms with Crippen LogP contribution in [0.3, 0.4) is 0 Å². The van der Waals surface area contributed by atoms with Crippen LogP contribution in [0, 0.1) is 18.3 Å². The van der Waals surface area contributed by atoms with Gasteiger partial charge in [0.2, 0.25) is 0 Å². The van der Waals surface area contributed by atoms with Crippen molar-refractivity contribution in [3.8, 4) is 11.8 Å². The van der Waals surface area contributed by atoms with Crippen LogP contribution in [0.5, 0.6) is 5.75 Å². The maximum atomic E-state index is 11.8. The van der Waals surface area contributed by atoms with E-state index in [0.717, 1.165) is 12.0 Å². The normalized spacial score (nSPS) is 10.7. The molecule has 4 nitrogen and oxygen atoms in total. The van der Waals surface area contributed by atoms with E-state index < -0.39 is 0 Å². The van der Waals surface area contributed by atoms with Crippen molar-refractivity contribution in [3.63, 3.8) is 0 Å². The van der Waals surface area contributed by atoms with Crippen molar-refractivity contribution in [3.05, 3.63) is 29.3 Å². The van der Waals surface area contributed by atoms with Crippen LogP contribution in [0.2, 0.25) is 0 Å². The first-order valence-corrected chi connectivity index (χ1v) is 6.32. The minimum atomic E-state index is -0.232. The summed E-state index contributed by atoms with van der Waals surface area (Å²) in [5, 5.41) is 11.7. The zero-order valence-electron chi connectivity index (χ0n) is 11.9. The molecule has 0 unspecified atom stereocenters. The van der Waals surface area contributed by atoms with Gasteiger partial charge < -0.3 is 10.1 Å². The molecule has 0 spiro atoms. The molecule has 0 atom stereocenters. The molecule has 1 aromatic carbocycles. The number of nitrogens with zero attached hydrogens (tertiary/aromatic N) is 1. The van der Waals surface area contributed by atoms with Crippen LogP contribution in [0.15, 0.2) is 18.2 Å². The van der Waals surface area contributed by atoms with Crippen molar-refractivity contribution >= 4 is 5.91 Å². The Labute approximate surface area is 114 Å². The first-order chi connectivity index (χ1) is 8.88. The molecule has 0 aliphatic heterocycles. The highest BCUT2D eigenvalue weighted by Gasteiger charge is 2.18. The highest BCUT2D eigenvalue weighted by Crippen LogP contribution is 2.19. The topological polar surface area (TPSA) is 62.1 Å². The van der Waals surface area contributed by atoms with E-state index in [1.54, 1.807) is 12.1 Å². The van der Waals surface area contributed by atoms with Gasteiger partial charge in [0.25, 0.3) is 5.91 Å². The van der Waals surface area contributed by atoms with Gasteiger partial charge in [0.15, 0.2) is 6.61 Å². The van der Waals surface area contributed by atoms with E-state index in [9.17, 15) is 4.79 Å². The Morgan fingerprint density at radius 1 is 1.47 bits per heavy atom. The molecular weight excluding hydrogens is 240 g/mol. The van der Waals surface area contributed by atoms with Gasteiger partial charge in [-0.15, -0.1) is 0 Å². The summed E-state index contributed by atoms with van der Waals surface area (Å²) in [4.78, 5) is 11.8. The standard InChI is InChI=1S/C15H20N2O2/c1-5-15(3,4)17-14(18)10-19-13-8-12(9-16)7-6-11(13)2/h6-8H,5,10H2,1-4H3,(H,17,18). The summed E-state index contributed by atoms with van der Waals surface area (Å²) in [5.74, 6) is 0.414. The SMILES string of the molecule is CCC(C)(C)NC(=O)COc1cc(C#N)ccc1C. The molecule has 0 radical (unpaired) electrons. The van der Waals surface area contributed by atoms with Crippen molar-refractivity contribution in [1.82, 2.24) is 5.32 Å². The van der Waals surface area contributed by atoms with Crippen LogP contribution in [0.25, 0.3) is 0 Å². The van der Waals surface area contributed by atoms with Gasteiger partial charge in [-0.25, -0.2) is 0 Å². The van der Waals surface area contributed by atoms with Crippen molar-refractivity contribution in [2.24, 2.45) is 0 Å². The van der Waals surface area contributed by atoms with Crippen LogP contribution in [0.4, 0.5) is 0 Å². The molecule has 0 saturated heterocycles. The molecule has 0 aliphatic carbocycles. The lowest BCUT2D eigenvalue weighted by atomic mass is 10.0. The van der Waals surface area contributed by atoms with Crippen molar-refractivity contribution < 1.29 is 9.53 Å². The van der Waals surface area contributed by atoms with E-state index >= 15 is 0 Å². The Balaban J connectivity index is 2.63. The van der Waals surface area contributed by atoms with E-state index in [-0.39, 0.29) is 18.1 Å². The number of amides is 1. The Morgan fingerprint density at radius 3 is 2.74 bits per heavy atom. The van der Waals surface area contributed by atoms with E-state index in [1.807, 2.05) is 39.8 Å². The molecule has 102 valence electrons. The monoisotopic (exact) mass is 260 g/mol. The number of carbonyl (C=O) groups excluding carboxylic acids is 1. The van der Waals surface area contributed by atoms with Gasteiger partial charge in [-0.05, 0) is 44.9 Å². The fourth-order valence-corrected chi connectivity index (χ4v) is 1.47. The second kappa shape index (κ2) is 6.24. The van der Waals surface area contributed by atoms with E-state index in [2.05, 4.69) is 5.32 Å². The number of nitriles is 1. The number of ether oxygens (including phenoxy) is 1. The summed E-state index contributed by atoms with van der Waals surface area (Å²) < 4.78 is 5.47. The molecule has 0 saturated carbocycles. The largest absolute Gasteiger partial charge is 0.483 e. The molecule has 1 rings (SSSR count). The summed E-state index contributed by atoms with van der Waals surface area (Å²) in [6.07, 6.45) is 0.849. The molecule has 0 bridgehead atoms. The molecule has 0 aliphatic rings. The van der Waals surface area contributed by atoms with Crippen molar-refractivity contribution in [2.75, 3.05) is 6.61 Å². The Hall–Kier alpha value is -2.02. The van der Waals surface area contributed by atoms with Crippen molar-refractivity contribution in [1.29, 1.82) is 5.26 Å². The number of hydrogen-bond acceptors (Lipinski definition) is 3. The molecule has 0 fully saturated rings. The second-order valence-electron chi connectivity index (χ2n) is 5.17. The lowest BCUT2D eigenvalue weighted by Crippen LogP contribution is -2.44. The predicted octanol–water partition coefficient (Wildman–Crippen LogP) is 2.55. The maximum absolute atomic E-state index is 11.8. The van der Waals surface area contributed by atoms with Crippen LogP contribution in [-0.4, -0.2) is 18.1 Å². The lowest BCUT2D eigenvalue weighted by molar-refractivity contribution is -0.124. The fourth-order valence-electron chi connectivity index (χ4n) is 1.47. The van der Waals surface area contributed by atoms with Gasteiger partial charge in [0.05, 0.1) is 11.6 Å². The smallest absolute Gasteiger partial charge is 0.258 e. The molecule has 4 heteroatoms. The third-order valence-electron chi connectivity index (χ3n) is 3.04. The predicted molar refractivity (Wildman–Crippen MR) is 73.9 cm³/mol. The van der Waals surface area contributed by atoms with E-state index in [4.69, 9.17) is 10.00 Å². The first-order valence-electron chi connectivity index (χ1n) is 6.32. The van der Waals surface area contributed by atoms with Crippen LogP contribution >= 0.6 is 0 Å².